The minimum atomic E-state index is -1.31. The summed E-state index contributed by atoms with van der Waals surface area (Å²) in [5.74, 6) is -3.09. The highest BCUT2D eigenvalue weighted by Crippen LogP contribution is 2.33. The lowest BCUT2D eigenvalue weighted by atomic mass is 9.97. The third kappa shape index (κ3) is 21.5. The maximum absolute atomic E-state index is 12.1. The minimum absolute atomic E-state index is 0.340. The van der Waals surface area contributed by atoms with Gasteiger partial charge in [-0.15, -0.1) is 0 Å². The van der Waals surface area contributed by atoms with Gasteiger partial charge in [-0.3, -0.25) is 19.2 Å². The second kappa shape index (κ2) is 25.8. The minimum Gasteiger partial charge on any atom is -0.466 e. The molecule has 12 nitrogen and oxygen atoms in total. The summed E-state index contributed by atoms with van der Waals surface area (Å²) in [4.78, 5) is 59.3. The predicted octanol–water partition coefficient (Wildman–Crippen LogP) is 7.94. The Hall–Kier alpha value is -5.33. The van der Waals surface area contributed by atoms with E-state index in [0.29, 0.717) is 12.0 Å². The Labute approximate surface area is 337 Å². The quantitative estimate of drug-likeness (QED) is 0.0541. The zero-order valence-electron chi connectivity index (χ0n) is 35.4. The van der Waals surface area contributed by atoms with Crippen LogP contribution in [0.2, 0.25) is 0 Å². The molecule has 0 aromatic heterocycles. The number of hydrogen-bond donors (Lipinski definition) is 0. The monoisotopic (exact) mass is 792 g/mol. The van der Waals surface area contributed by atoms with Gasteiger partial charge in [0.05, 0.1) is 12.7 Å². The molecule has 1 heterocycles. The van der Waals surface area contributed by atoms with Gasteiger partial charge in [-0.25, -0.2) is 4.79 Å². The van der Waals surface area contributed by atoms with Crippen molar-refractivity contribution in [3.63, 3.8) is 0 Å². The third-order valence-corrected chi connectivity index (χ3v) is 7.85. The Kier molecular flexibility index (Phi) is 22.5. The summed E-state index contributed by atoms with van der Waals surface area (Å²) in [6, 6.07) is 0. The normalized spacial score (nSPS) is 21.8. The van der Waals surface area contributed by atoms with E-state index in [2.05, 4.69) is 4.74 Å². The molecule has 0 amide bonds. The molecule has 0 bridgehead atoms. The Morgan fingerprint density at radius 1 is 0.561 bits per heavy atom. The van der Waals surface area contributed by atoms with E-state index in [9.17, 15) is 24.0 Å². The lowest BCUT2D eigenvalue weighted by Crippen LogP contribution is -2.63. The van der Waals surface area contributed by atoms with E-state index < -0.39 is 60.2 Å². The van der Waals surface area contributed by atoms with Gasteiger partial charge in [0.15, 0.2) is 24.6 Å². The predicted molar refractivity (Wildman–Crippen MR) is 218 cm³/mol. The molecule has 0 aliphatic carbocycles. The molecule has 12 heteroatoms. The molecule has 57 heavy (non-hydrogen) atoms. The topological polar surface area (TPSA) is 150 Å². The molecule has 1 rings (SSSR count). The second-order valence-corrected chi connectivity index (χ2v) is 14.0. The summed E-state index contributed by atoms with van der Waals surface area (Å²) in [5, 5.41) is 0. The van der Waals surface area contributed by atoms with E-state index in [1.807, 2.05) is 127 Å². The van der Waals surface area contributed by atoms with E-state index in [1.165, 1.54) is 21.0 Å². The van der Waals surface area contributed by atoms with Gasteiger partial charge in [0.25, 0.3) is 0 Å². The van der Waals surface area contributed by atoms with E-state index in [1.54, 1.807) is 13.0 Å². The van der Waals surface area contributed by atoms with Gasteiger partial charge in [-0.05, 0) is 54.9 Å². The van der Waals surface area contributed by atoms with Crippen LogP contribution in [-0.2, 0) is 57.1 Å². The molecule has 0 radical (unpaired) electrons. The van der Waals surface area contributed by atoms with Gasteiger partial charge in [-0.2, -0.15) is 0 Å². The largest absolute Gasteiger partial charge is 0.466 e. The maximum Gasteiger partial charge on any atom is 0.333 e. The number of allylic oxidation sites excluding steroid dienone is 18. The van der Waals surface area contributed by atoms with Gasteiger partial charge < -0.3 is 33.2 Å². The van der Waals surface area contributed by atoms with Crippen LogP contribution < -0.4 is 0 Å². The van der Waals surface area contributed by atoms with Crippen LogP contribution in [0.1, 0.15) is 82.6 Å². The van der Waals surface area contributed by atoms with Crippen LogP contribution >= 0.6 is 0 Å². The average molecular weight is 793 g/mol. The number of rotatable bonds is 19. The molecule has 312 valence electrons. The van der Waals surface area contributed by atoms with Crippen molar-refractivity contribution in [1.29, 1.82) is 0 Å². The highest BCUT2D eigenvalue weighted by molar-refractivity contribution is 5.87. The van der Waals surface area contributed by atoms with E-state index in [4.69, 9.17) is 28.4 Å². The van der Waals surface area contributed by atoms with Gasteiger partial charge in [-0.1, -0.05) is 113 Å². The fraction of sp³-hybridized carbons (Fsp3) is 0.444. The van der Waals surface area contributed by atoms with Crippen molar-refractivity contribution in [1.82, 2.24) is 0 Å². The standard InChI is InChI=1S/C45H60O12/c1-30(21-15-23-32(3)25-17-27-34(5)43(50)51-12)19-13-14-20-31(2)22-16-24-33(4)26-18-28-45(10,11)57-44-42(55-38(9)49)41(54-37(8)48)40(53-36(7)47)39(56-44)29-52-35(6)46/h13-27,39-42,44H,28-29H2,1-12H3/b14-13+,21-15+,22-16+,25-17+,26-18+,30-19+,31-20+,32-23+,33-24+,34-27+/t39-,40-,41+,42-,44+/m1/s1. The van der Waals surface area contributed by atoms with Gasteiger partial charge in [0, 0.05) is 33.3 Å². The van der Waals surface area contributed by atoms with Crippen LogP contribution in [0, 0.1) is 0 Å². The summed E-state index contributed by atoms with van der Waals surface area (Å²) in [6.07, 6.45) is 23.4. The maximum atomic E-state index is 12.1. The summed E-state index contributed by atoms with van der Waals surface area (Å²) in [6.45, 7) is 17.7. The molecule has 0 saturated carbocycles. The first-order chi connectivity index (χ1) is 26.7. The Bertz CT molecular complexity index is 1710. The number of hydrogen-bond acceptors (Lipinski definition) is 12. The number of carbonyl (C=O) groups is 5. The molecule has 0 unspecified atom stereocenters. The Morgan fingerprint density at radius 2 is 1.00 bits per heavy atom. The van der Waals surface area contributed by atoms with Crippen LogP contribution in [-0.4, -0.2) is 79.9 Å². The average Bonchev–Trinajstić information content (AvgIpc) is 3.10. The van der Waals surface area contributed by atoms with Gasteiger partial charge in [0.1, 0.15) is 12.7 Å². The molecule has 0 spiro atoms. The molecule has 1 fully saturated rings. The molecule has 0 aromatic rings. The lowest BCUT2D eigenvalue weighted by Gasteiger charge is -2.45. The lowest BCUT2D eigenvalue weighted by molar-refractivity contribution is -0.327. The molecule has 5 atom stereocenters. The summed E-state index contributed by atoms with van der Waals surface area (Å²) < 4.78 is 38.7. The molecule has 1 aliphatic rings. The van der Waals surface area contributed by atoms with E-state index in [0.717, 1.165) is 36.1 Å². The third-order valence-electron chi connectivity index (χ3n) is 7.85. The van der Waals surface area contributed by atoms with Gasteiger partial charge >= 0.3 is 29.8 Å². The summed E-state index contributed by atoms with van der Waals surface area (Å²) in [5.41, 5.74) is 3.81. The molecule has 1 aliphatic heterocycles. The fourth-order valence-electron chi connectivity index (χ4n) is 5.09. The Balaban J connectivity index is 2.94. The van der Waals surface area contributed by atoms with E-state index >= 15 is 0 Å². The molecular weight excluding hydrogens is 732 g/mol. The zero-order valence-corrected chi connectivity index (χ0v) is 35.4. The van der Waals surface area contributed by atoms with Crippen molar-refractivity contribution in [3.8, 4) is 0 Å². The van der Waals surface area contributed by atoms with Crippen molar-refractivity contribution < 1.29 is 57.1 Å². The van der Waals surface area contributed by atoms with Crippen molar-refractivity contribution in [2.24, 2.45) is 0 Å². The second-order valence-electron chi connectivity index (χ2n) is 14.0. The summed E-state index contributed by atoms with van der Waals surface area (Å²) in [7, 11) is 1.36. The summed E-state index contributed by atoms with van der Waals surface area (Å²) >= 11 is 0. The number of ether oxygens (including phenoxy) is 7. The molecule has 0 N–H and O–H groups in total. The highest BCUT2D eigenvalue weighted by Gasteiger charge is 2.53. The van der Waals surface area contributed by atoms with Crippen LogP contribution in [0.4, 0.5) is 0 Å². The van der Waals surface area contributed by atoms with Gasteiger partial charge in [0.2, 0.25) is 0 Å². The van der Waals surface area contributed by atoms with Crippen molar-refractivity contribution in [2.75, 3.05) is 13.7 Å². The number of methoxy groups -OCH3 is 1. The molecule has 1 saturated heterocycles. The first-order valence-electron chi connectivity index (χ1n) is 18.5. The highest BCUT2D eigenvalue weighted by atomic mass is 16.7. The fourth-order valence-corrected chi connectivity index (χ4v) is 5.09. The zero-order chi connectivity index (χ0) is 43.1. The van der Waals surface area contributed by atoms with Crippen LogP contribution in [0.5, 0.6) is 0 Å². The number of carbonyl (C=O) groups excluding carboxylic acids is 5. The van der Waals surface area contributed by atoms with Crippen molar-refractivity contribution in [3.05, 3.63) is 119 Å². The first kappa shape index (κ1) is 49.7. The molecular formula is C45H60O12. The van der Waals surface area contributed by atoms with Crippen LogP contribution in [0.15, 0.2) is 119 Å². The molecule has 0 aromatic carbocycles. The Morgan fingerprint density at radius 3 is 1.47 bits per heavy atom. The number of esters is 5. The van der Waals surface area contributed by atoms with Crippen LogP contribution in [0.25, 0.3) is 0 Å². The van der Waals surface area contributed by atoms with Crippen molar-refractivity contribution in [2.45, 2.75) is 119 Å². The van der Waals surface area contributed by atoms with Crippen molar-refractivity contribution >= 4 is 29.8 Å². The van der Waals surface area contributed by atoms with Crippen LogP contribution in [0.3, 0.4) is 0 Å². The smallest absolute Gasteiger partial charge is 0.333 e. The van der Waals surface area contributed by atoms with E-state index in [-0.39, 0.29) is 12.6 Å². The first-order valence-corrected chi connectivity index (χ1v) is 18.5. The SMILES string of the molecule is COC(=O)/C(C)=C/C=C/C(C)=C/C=C/C(C)=C/C=C/C=C(C)/C=C/C=C(C)/C=C/CC(C)(C)O[C@@H]1O[C@H](COC(C)=O)[C@@H](OC(C)=O)[C@H](OC(C)=O)[C@H]1OC(C)=O.